The molecule has 0 aliphatic heterocycles. The summed E-state index contributed by atoms with van der Waals surface area (Å²) in [5.74, 6) is -0.817. The lowest BCUT2D eigenvalue weighted by Crippen LogP contribution is -1.97. The standard InChI is InChI=1S/C15H12ClN3O3/c16-10-3-4-11-15(18-19-17-11)14(10)9-7-8(1-5-12(9)20)2-6-13(21)22/h1,3-5,7,20H,2,6H2,(H,21,22)(H,17,18,19). The molecule has 3 N–H and O–H groups in total. The molecule has 0 unspecified atom stereocenters. The number of aromatic nitrogens is 3. The number of aromatic hydroxyl groups is 1. The molecule has 6 nitrogen and oxygen atoms in total. The maximum atomic E-state index is 10.7. The van der Waals surface area contributed by atoms with Gasteiger partial charge in [-0.2, -0.15) is 0 Å². The van der Waals surface area contributed by atoms with Gasteiger partial charge in [-0.05, 0) is 36.2 Å². The number of aryl methyl sites for hydroxylation is 1. The minimum atomic E-state index is -0.869. The first-order chi connectivity index (χ1) is 10.6. The van der Waals surface area contributed by atoms with E-state index in [9.17, 15) is 9.90 Å². The number of phenolic OH excluding ortho intramolecular Hbond substituents is 1. The molecule has 0 saturated carbocycles. The van der Waals surface area contributed by atoms with Crippen molar-refractivity contribution in [3.05, 3.63) is 40.9 Å². The van der Waals surface area contributed by atoms with Crippen molar-refractivity contribution >= 4 is 28.6 Å². The number of halogens is 1. The Morgan fingerprint density at radius 1 is 1.27 bits per heavy atom. The van der Waals surface area contributed by atoms with Crippen molar-refractivity contribution in [1.82, 2.24) is 15.4 Å². The number of benzene rings is 2. The third kappa shape index (κ3) is 2.60. The van der Waals surface area contributed by atoms with Crippen LogP contribution in [0.4, 0.5) is 0 Å². The lowest BCUT2D eigenvalue weighted by molar-refractivity contribution is -0.136. The second-order valence-electron chi connectivity index (χ2n) is 4.88. The molecule has 0 atom stereocenters. The van der Waals surface area contributed by atoms with Gasteiger partial charge < -0.3 is 10.2 Å². The predicted octanol–water partition coefficient (Wildman–Crippen LogP) is 3.00. The normalized spacial score (nSPS) is 11.0. The number of hydrogen-bond donors (Lipinski definition) is 3. The summed E-state index contributed by atoms with van der Waals surface area (Å²) in [7, 11) is 0. The quantitative estimate of drug-likeness (QED) is 0.687. The van der Waals surface area contributed by atoms with Crippen molar-refractivity contribution < 1.29 is 15.0 Å². The number of phenols is 1. The predicted molar refractivity (Wildman–Crippen MR) is 82.0 cm³/mol. The number of aliphatic carboxylic acids is 1. The van der Waals surface area contributed by atoms with E-state index in [1.807, 2.05) is 0 Å². The fourth-order valence-corrected chi connectivity index (χ4v) is 2.59. The highest BCUT2D eigenvalue weighted by molar-refractivity contribution is 6.35. The van der Waals surface area contributed by atoms with Gasteiger partial charge >= 0.3 is 5.97 Å². The Hall–Kier alpha value is -2.60. The second kappa shape index (κ2) is 5.65. The van der Waals surface area contributed by atoms with Crippen LogP contribution in [0.3, 0.4) is 0 Å². The molecule has 0 amide bonds. The SMILES string of the molecule is O=C(O)CCc1ccc(O)c(-c2c(Cl)ccc3[nH]nnc23)c1. The molecule has 1 heterocycles. The molecule has 7 heteroatoms. The average Bonchev–Trinajstić information content (AvgIpc) is 2.95. The van der Waals surface area contributed by atoms with Gasteiger partial charge in [0.25, 0.3) is 0 Å². The van der Waals surface area contributed by atoms with E-state index >= 15 is 0 Å². The molecule has 0 radical (unpaired) electrons. The van der Waals surface area contributed by atoms with Crippen LogP contribution in [-0.2, 0) is 11.2 Å². The van der Waals surface area contributed by atoms with Crippen LogP contribution in [0.25, 0.3) is 22.2 Å². The number of nitrogens with zero attached hydrogens (tertiary/aromatic N) is 2. The van der Waals surface area contributed by atoms with Gasteiger partial charge in [0.1, 0.15) is 11.3 Å². The number of carbonyl (C=O) groups is 1. The molecule has 0 aliphatic rings. The fourth-order valence-electron chi connectivity index (χ4n) is 2.34. The molecule has 3 aromatic rings. The summed E-state index contributed by atoms with van der Waals surface area (Å²) < 4.78 is 0. The zero-order valence-corrected chi connectivity index (χ0v) is 12.1. The number of H-pyrrole nitrogens is 1. The van der Waals surface area contributed by atoms with Crippen LogP contribution in [-0.4, -0.2) is 31.6 Å². The molecule has 0 spiro atoms. The number of rotatable bonds is 4. The van der Waals surface area contributed by atoms with Crippen molar-refractivity contribution in [1.29, 1.82) is 0 Å². The molecular weight excluding hydrogens is 306 g/mol. The highest BCUT2D eigenvalue weighted by Crippen LogP contribution is 2.38. The summed E-state index contributed by atoms with van der Waals surface area (Å²) in [6, 6.07) is 8.41. The topological polar surface area (TPSA) is 99.1 Å². The first-order valence-corrected chi connectivity index (χ1v) is 6.97. The van der Waals surface area contributed by atoms with Crippen LogP contribution in [0.1, 0.15) is 12.0 Å². The summed E-state index contributed by atoms with van der Waals surface area (Å²) in [4.78, 5) is 10.7. The molecular formula is C15H12ClN3O3. The van der Waals surface area contributed by atoms with E-state index in [-0.39, 0.29) is 12.2 Å². The molecule has 1 aromatic heterocycles. The van der Waals surface area contributed by atoms with E-state index < -0.39 is 5.97 Å². The minimum Gasteiger partial charge on any atom is -0.507 e. The molecule has 2 aromatic carbocycles. The lowest BCUT2D eigenvalue weighted by Gasteiger charge is -2.10. The van der Waals surface area contributed by atoms with E-state index in [4.69, 9.17) is 16.7 Å². The van der Waals surface area contributed by atoms with Gasteiger partial charge in [-0.3, -0.25) is 9.89 Å². The third-order valence-corrected chi connectivity index (χ3v) is 3.72. The Kier molecular flexibility index (Phi) is 3.68. The van der Waals surface area contributed by atoms with Crippen molar-refractivity contribution in [2.24, 2.45) is 0 Å². The van der Waals surface area contributed by atoms with Crippen LogP contribution in [0.5, 0.6) is 5.75 Å². The van der Waals surface area contributed by atoms with Crippen LogP contribution < -0.4 is 0 Å². The summed E-state index contributed by atoms with van der Waals surface area (Å²) in [5.41, 5.74) is 3.13. The van der Waals surface area contributed by atoms with E-state index in [0.29, 0.717) is 33.6 Å². The van der Waals surface area contributed by atoms with Gasteiger partial charge in [0.05, 0.1) is 10.5 Å². The summed E-state index contributed by atoms with van der Waals surface area (Å²) in [5, 5.41) is 29.9. The summed E-state index contributed by atoms with van der Waals surface area (Å²) in [6.45, 7) is 0. The zero-order chi connectivity index (χ0) is 15.7. The van der Waals surface area contributed by atoms with E-state index in [1.165, 1.54) is 6.07 Å². The smallest absolute Gasteiger partial charge is 0.303 e. The van der Waals surface area contributed by atoms with Gasteiger partial charge in [-0.1, -0.05) is 22.9 Å². The van der Waals surface area contributed by atoms with Gasteiger partial charge in [0.15, 0.2) is 0 Å². The van der Waals surface area contributed by atoms with Crippen molar-refractivity contribution in [3.8, 4) is 16.9 Å². The van der Waals surface area contributed by atoms with Crippen LogP contribution >= 0.6 is 11.6 Å². The van der Waals surface area contributed by atoms with Crippen LogP contribution in [0.2, 0.25) is 5.02 Å². The highest BCUT2D eigenvalue weighted by atomic mass is 35.5. The maximum Gasteiger partial charge on any atom is 0.303 e. The Morgan fingerprint density at radius 3 is 2.86 bits per heavy atom. The van der Waals surface area contributed by atoms with Crippen LogP contribution in [0.15, 0.2) is 30.3 Å². The number of aromatic amines is 1. The van der Waals surface area contributed by atoms with Crippen LogP contribution in [0, 0.1) is 0 Å². The summed E-state index contributed by atoms with van der Waals surface area (Å²) in [6.07, 6.45) is 0.390. The van der Waals surface area contributed by atoms with E-state index in [2.05, 4.69) is 15.4 Å². The second-order valence-corrected chi connectivity index (χ2v) is 5.28. The zero-order valence-electron chi connectivity index (χ0n) is 11.4. The summed E-state index contributed by atoms with van der Waals surface area (Å²) >= 11 is 6.26. The maximum absolute atomic E-state index is 10.7. The molecule has 0 fully saturated rings. The molecule has 3 rings (SSSR count). The number of carboxylic acid groups (broad SMARTS) is 1. The molecule has 112 valence electrons. The van der Waals surface area contributed by atoms with Crippen molar-refractivity contribution in [2.75, 3.05) is 0 Å². The lowest BCUT2D eigenvalue weighted by atomic mass is 9.98. The number of hydrogen-bond acceptors (Lipinski definition) is 4. The number of nitrogens with one attached hydrogen (secondary N) is 1. The van der Waals surface area contributed by atoms with Crippen molar-refractivity contribution in [3.63, 3.8) is 0 Å². The Bertz CT molecular complexity index is 860. The molecule has 0 bridgehead atoms. The van der Waals surface area contributed by atoms with Gasteiger partial charge in [0.2, 0.25) is 0 Å². The number of carboxylic acids is 1. The van der Waals surface area contributed by atoms with Gasteiger partial charge in [-0.15, -0.1) is 5.10 Å². The highest BCUT2D eigenvalue weighted by Gasteiger charge is 2.16. The monoisotopic (exact) mass is 317 g/mol. The fraction of sp³-hybridized carbons (Fsp3) is 0.133. The largest absolute Gasteiger partial charge is 0.507 e. The first kappa shape index (κ1) is 14.3. The van der Waals surface area contributed by atoms with Crippen molar-refractivity contribution in [2.45, 2.75) is 12.8 Å². The van der Waals surface area contributed by atoms with E-state index in [1.54, 1.807) is 24.3 Å². The average molecular weight is 318 g/mol. The molecule has 22 heavy (non-hydrogen) atoms. The van der Waals surface area contributed by atoms with E-state index in [0.717, 1.165) is 5.56 Å². The first-order valence-electron chi connectivity index (χ1n) is 6.59. The molecule has 0 saturated heterocycles. The Labute approximate surface area is 130 Å². The number of fused-ring (bicyclic) bond motifs is 1. The molecule has 0 aliphatic carbocycles. The van der Waals surface area contributed by atoms with Gasteiger partial charge in [-0.25, -0.2) is 0 Å². The minimum absolute atomic E-state index is 0.0199. The van der Waals surface area contributed by atoms with Gasteiger partial charge in [0, 0.05) is 17.5 Å². The Balaban J connectivity index is 2.13. The third-order valence-electron chi connectivity index (χ3n) is 3.41. The Morgan fingerprint density at radius 2 is 2.09 bits per heavy atom.